The van der Waals surface area contributed by atoms with E-state index in [4.69, 9.17) is 4.74 Å². The van der Waals surface area contributed by atoms with Crippen molar-refractivity contribution in [2.45, 2.75) is 6.16 Å². The monoisotopic (exact) mass is 274 g/mol. The van der Waals surface area contributed by atoms with Crippen LogP contribution < -0.4 is 4.74 Å². The van der Waals surface area contributed by atoms with Crippen LogP contribution in [-0.4, -0.2) is 26.1 Å². The van der Waals surface area contributed by atoms with Crippen molar-refractivity contribution in [3.05, 3.63) is 66.2 Å². The number of ether oxygens (including phenoxy) is 1. The van der Waals surface area contributed by atoms with Gasteiger partial charge in [-0.05, 0) is 0 Å². The third-order valence-corrected chi connectivity index (χ3v) is 6.24. The molecular weight excluding hydrogens is 251 g/mol. The molecule has 2 heteroatoms. The molecule has 0 N–H and O–H groups in total. The van der Waals surface area contributed by atoms with Crippen LogP contribution in [0.3, 0.4) is 0 Å². The maximum atomic E-state index is 5.81. The minimum absolute atomic E-state index is 0.829. The quantitative estimate of drug-likeness (QED) is 0.715. The first-order valence-corrected chi connectivity index (χ1v) is 10.3. The number of rotatable bonds is 6. The van der Waals surface area contributed by atoms with E-state index < -0.39 is 7.26 Å². The Labute approximate surface area is 117 Å². The van der Waals surface area contributed by atoms with Gasteiger partial charge in [0.2, 0.25) is 0 Å². The van der Waals surface area contributed by atoms with Gasteiger partial charge in [-0.2, -0.15) is 0 Å². The second kappa shape index (κ2) is 6.73. The molecule has 102 valence electrons. The molecule has 0 unspecified atom stereocenters. The summed E-state index contributed by atoms with van der Waals surface area (Å²) in [6.07, 6.45) is 2.42. The summed E-state index contributed by atoms with van der Waals surface area (Å²) in [7, 11) is -1.22. The molecule has 0 saturated heterocycles. The third-order valence-electron chi connectivity index (χ3n) is 3.32. The van der Waals surface area contributed by atoms with Crippen molar-refractivity contribution < 1.29 is 4.74 Å². The molecule has 0 amide bonds. The van der Waals surface area contributed by atoms with Gasteiger partial charge in [-0.15, -0.1) is 0 Å². The van der Waals surface area contributed by atoms with Gasteiger partial charge < -0.3 is 0 Å². The van der Waals surface area contributed by atoms with Crippen LogP contribution in [0.5, 0.6) is 5.75 Å². The van der Waals surface area contributed by atoms with Gasteiger partial charge in [-0.1, -0.05) is 0 Å². The number of hydrogen-bond acceptors (Lipinski definition) is 1. The Morgan fingerprint density at radius 2 is 1.42 bits per heavy atom. The Morgan fingerprint density at radius 3 is 2.05 bits per heavy atom. The van der Waals surface area contributed by atoms with E-state index in [1.165, 1.54) is 17.9 Å². The Balaban J connectivity index is 1.81. The second-order valence-electron chi connectivity index (χ2n) is 5.74. The number of para-hydroxylation sites is 1. The van der Waals surface area contributed by atoms with E-state index in [0.29, 0.717) is 0 Å². The topological polar surface area (TPSA) is 9.23 Å². The van der Waals surface area contributed by atoms with Crippen molar-refractivity contribution in [2.75, 3.05) is 26.1 Å². The zero-order valence-corrected chi connectivity index (χ0v) is 12.8. The number of hydrogen-bond donors (Lipinski definition) is 0. The molecule has 2 aromatic carbocycles. The normalized spacial score (nSPS) is 12.1. The Kier molecular flexibility index (Phi) is 4.99. The summed E-state index contributed by atoms with van der Waals surface area (Å²) in [4.78, 5) is 0. The van der Waals surface area contributed by atoms with E-state index in [0.717, 1.165) is 12.4 Å². The average molecular weight is 274 g/mol. The molecule has 0 aliphatic carbocycles. The van der Waals surface area contributed by atoms with Crippen molar-refractivity contribution in [3.8, 4) is 5.75 Å². The summed E-state index contributed by atoms with van der Waals surface area (Å²) in [6, 6.07) is 20.9. The number of benzene rings is 2. The standard InChI is InChI=1S/C17H23OP/c1-19(2,15-16-9-5-3-6-10-16)14-13-18-17-11-7-4-8-12-17/h3-12,19H,13-15H2,1-2H3. The molecule has 2 aromatic rings. The summed E-state index contributed by atoms with van der Waals surface area (Å²) < 4.78 is 5.81. The van der Waals surface area contributed by atoms with Crippen LogP contribution in [0.4, 0.5) is 0 Å². The zero-order valence-electron chi connectivity index (χ0n) is 11.8. The van der Waals surface area contributed by atoms with Gasteiger partial charge in [-0.25, -0.2) is 0 Å². The fraction of sp³-hybridized carbons (Fsp3) is 0.294. The molecule has 0 radical (unpaired) electrons. The first kappa shape index (κ1) is 14.1. The molecule has 0 aliphatic heterocycles. The van der Waals surface area contributed by atoms with E-state index in [2.05, 4.69) is 43.7 Å². The molecule has 0 aromatic heterocycles. The van der Waals surface area contributed by atoms with Crippen LogP contribution in [0.15, 0.2) is 60.7 Å². The van der Waals surface area contributed by atoms with Gasteiger partial charge in [0.1, 0.15) is 0 Å². The summed E-state index contributed by atoms with van der Waals surface area (Å²) in [5, 5.41) is 0. The van der Waals surface area contributed by atoms with Gasteiger partial charge in [0.25, 0.3) is 0 Å². The Morgan fingerprint density at radius 1 is 0.842 bits per heavy atom. The fourth-order valence-corrected chi connectivity index (χ4v) is 4.37. The van der Waals surface area contributed by atoms with E-state index >= 15 is 0 Å². The van der Waals surface area contributed by atoms with Crippen LogP contribution in [0.25, 0.3) is 0 Å². The molecule has 0 saturated carbocycles. The van der Waals surface area contributed by atoms with Gasteiger partial charge in [0.15, 0.2) is 0 Å². The van der Waals surface area contributed by atoms with Crippen LogP contribution in [0.2, 0.25) is 0 Å². The van der Waals surface area contributed by atoms with Crippen molar-refractivity contribution in [2.24, 2.45) is 0 Å². The van der Waals surface area contributed by atoms with Crippen molar-refractivity contribution in [3.63, 3.8) is 0 Å². The zero-order chi connectivity index (χ0) is 13.6. The van der Waals surface area contributed by atoms with E-state index in [1.54, 1.807) is 0 Å². The molecule has 1 nitrogen and oxygen atoms in total. The first-order chi connectivity index (χ1) is 9.16. The summed E-state index contributed by atoms with van der Waals surface area (Å²) >= 11 is 0. The Bertz CT molecular complexity index is 479. The molecule has 2 rings (SSSR count). The minimum atomic E-state index is -1.22. The molecule has 0 fully saturated rings. The van der Waals surface area contributed by atoms with E-state index in [-0.39, 0.29) is 0 Å². The average Bonchev–Trinajstić information content (AvgIpc) is 2.40. The van der Waals surface area contributed by atoms with Crippen molar-refractivity contribution in [1.82, 2.24) is 0 Å². The summed E-state index contributed by atoms with van der Waals surface area (Å²) in [5.74, 6) is 0.979. The van der Waals surface area contributed by atoms with E-state index in [1.807, 2.05) is 30.3 Å². The first-order valence-electron chi connectivity index (χ1n) is 6.87. The van der Waals surface area contributed by atoms with Crippen LogP contribution in [0.1, 0.15) is 5.56 Å². The molecule has 0 bridgehead atoms. The third kappa shape index (κ3) is 5.04. The molecule has 0 heterocycles. The predicted octanol–water partition coefficient (Wildman–Crippen LogP) is 4.28. The van der Waals surface area contributed by atoms with Gasteiger partial charge in [0.05, 0.1) is 0 Å². The Hall–Kier alpha value is -1.33. The van der Waals surface area contributed by atoms with Gasteiger partial charge >= 0.3 is 116 Å². The maximum absolute atomic E-state index is 5.81. The molecule has 0 aliphatic rings. The van der Waals surface area contributed by atoms with Crippen molar-refractivity contribution >= 4 is 7.26 Å². The molecule has 0 spiro atoms. The van der Waals surface area contributed by atoms with Crippen molar-refractivity contribution in [1.29, 1.82) is 0 Å². The van der Waals surface area contributed by atoms with Crippen LogP contribution in [0, 0.1) is 0 Å². The van der Waals surface area contributed by atoms with Gasteiger partial charge in [-0.3, -0.25) is 0 Å². The second-order valence-corrected chi connectivity index (χ2v) is 10.9. The van der Waals surface area contributed by atoms with Gasteiger partial charge in [0, 0.05) is 0 Å². The summed E-state index contributed by atoms with van der Waals surface area (Å²) in [6.45, 7) is 5.71. The summed E-state index contributed by atoms with van der Waals surface area (Å²) in [5.41, 5.74) is 1.46. The molecule has 0 atom stereocenters. The van der Waals surface area contributed by atoms with E-state index in [9.17, 15) is 0 Å². The SMILES string of the molecule is C[PH](C)(CCOc1ccccc1)Cc1ccccc1. The van der Waals surface area contributed by atoms with Crippen LogP contribution in [-0.2, 0) is 6.16 Å². The molecular formula is C17H23OP. The predicted molar refractivity (Wildman–Crippen MR) is 87.1 cm³/mol. The molecule has 19 heavy (non-hydrogen) atoms. The fourth-order valence-electron chi connectivity index (χ4n) is 2.20. The van der Waals surface area contributed by atoms with Crippen LogP contribution >= 0.6 is 7.26 Å².